The first-order valence-corrected chi connectivity index (χ1v) is 8.18. The van der Waals surface area contributed by atoms with Crippen LogP contribution in [0.1, 0.15) is 34.3 Å². The minimum atomic E-state index is -0.884. The largest absolute Gasteiger partial charge is 0.478 e. The van der Waals surface area contributed by atoms with Crippen molar-refractivity contribution in [3.63, 3.8) is 0 Å². The van der Waals surface area contributed by atoms with Crippen molar-refractivity contribution in [1.82, 2.24) is 5.32 Å². The van der Waals surface area contributed by atoms with E-state index in [1.165, 1.54) is 22.9 Å². The maximum Gasteiger partial charge on any atom is 0.335 e. The number of carboxylic acid groups (broad SMARTS) is 1. The van der Waals surface area contributed by atoms with Crippen molar-refractivity contribution in [2.75, 3.05) is 6.54 Å². The van der Waals surface area contributed by atoms with Gasteiger partial charge in [0.05, 0.1) is 5.56 Å². The minimum Gasteiger partial charge on any atom is -0.478 e. The monoisotopic (exact) mass is 359 g/mol. The summed E-state index contributed by atoms with van der Waals surface area (Å²) in [6.45, 7) is 1.70. The van der Waals surface area contributed by atoms with Crippen molar-refractivity contribution in [2.45, 2.75) is 24.8 Å². The maximum absolute atomic E-state index is 10.8. The number of halogens is 1. The lowest BCUT2D eigenvalue weighted by Crippen LogP contribution is -2.26. The third kappa shape index (κ3) is 3.23. The van der Waals surface area contributed by atoms with Crippen LogP contribution in [0, 0.1) is 0 Å². The van der Waals surface area contributed by atoms with Gasteiger partial charge in [-0.3, -0.25) is 0 Å². The lowest BCUT2D eigenvalue weighted by molar-refractivity contribution is 0.0697. The third-order valence-corrected chi connectivity index (χ3v) is 4.98. The molecule has 1 aliphatic rings. The van der Waals surface area contributed by atoms with Gasteiger partial charge in [-0.15, -0.1) is 0 Å². The molecule has 2 aromatic rings. The standard InChI is InChI=1S/C18H18BrNO2/c19-16-4-2-1-3-15(16)18(9-10-18)12-20-11-13-5-7-14(8-6-13)17(21)22/h1-8,20H,9-12H2,(H,21,22). The van der Waals surface area contributed by atoms with Crippen LogP contribution >= 0.6 is 15.9 Å². The Labute approximate surface area is 138 Å². The fraction of sp³-hybridized carbons (Fsp3) is 0.278. The Bertz CT molecular complexity index is 678. The first-order chi connectivity index (χ1) is 10.6. The SMILES string of the molecule is O=C(O)c1ccc(CNCC2(c3ccccc3Br)CC2)cc1. The second kappa shape index (κ2) is 6.23. The molecule has 114 valence electrons. The zero-order chi connectivity index (χ0) is 15.6. The lowest BCUT2D eigenvalue weighted by atomic mass is 9.96. The van der Waals surface area contributed by atoms with E-state index < -0.39 is 5.97 Å². The van der Waals surface area contributed by atoms with E-state index in [4.69, 9.17) is 5.11 Å². The summed E-state index contributed by atoms with van der Waals surface area (Å²) < 4.78 is 1.18. The van der Waals surface area contributed by atoms with Crippen molar-refractivity contribution in [3.8, 4) is 0 Å². The second-order valence-corrected chi connectivity index (χ2v) is 6.72. The number of aromatic carboxylic acids is 1. The van der Waals surface area contributed by atoms with Crippen LogP contribution in [0.2, 0.25) is 0 Å². The van der Waals surface area contributed by atoms with E-state index in [0.29, 0.717) is 5.56 Å². The molecule has 0 aliphatic heterocycles. The molecule has 1 fully saturated rings. The van der Waals surface area contributed by atoms with Crippen molar-refractivity contribution in [2.24, 2.45) is 0 Å². The number of carbonyl (C=O) groups is 1. The van der Waals surface area contributed by atoms with Crippen LogP contribution in [-0.4, -0.2) is 17.6 Å². The van der Waals surface area contributed by atoms with E-state index in [1.54, 1.807) is 12.1 Å². The third-order valence-electron chi connectivity index (χ3n) is 4.29. The Balaban J connectivity index is 1.59. The smallest absolute Gasteiger partial charge is 0.335 e. The summed E-state index contributed by atoms with van der Waals surface area (Å²) in [5.41, 5.74) is 3.06. The van der Waals surface area contributed by atoms with Gasteiger partial charge in [0.1, 0.15) is 0 Å². The Morgan fingerprint density at radius 3 is 2.41 bits per heavy atom. The first-order valence-electron chi connectivity index (χ1n) is 7.39. The Hall–Kier alpha value is -1.65. The van der Waals surface area contributed by atoms with Gasteiger partial charge in [0, 0.05) is 23.0 Å². The molecular weight excluding hydrogens is 342 g/mol. The lowest BCUT2D eigenvalue weighted by Gasteiger charge is -2.18. The molecule has 3 nitrogen and oxygen atoms in total. The van der Waals surface area contributed by atoms with Gasteiger partial charge in [-0.2, -0.15) is 0 Å². The molecule has 0 unspecified atom stereocenters. The van der Waals surface area contributed by atoms with Gasteiger partial charge in [-0.05, 0) is 42.2 Å². The first kappa shape index (κ1) is 15.3. The van der Waals surface area contributed by atoms with Gasteiger partial charge in [0.15, 0.2) is 0 Å². The van der Waals surface area contributed by atoms with Crippen LogP contribution in [0.25, 0.3) is 0 Å². The average molecular weight is 360 g/mol. The van der Waals surface area contributed by atoms with Crippen LogP contribution in [0.15, 0.2) is 53.0 Å². The van der Waals surface area contributed by atoms with E-state index in [9.17, 15) is 4.79 Å². The Morgan fingerprint density at radius 2 is 1.82 bits per heavy atom. The molecule has 0 atom stereocenters. The van der Waals surface area contributed by atoms with E-state index in [1.807, 2.05) is 18.2 Å². The summed E-state index contributed by atoms with van der Waals surface area (Å²) in [6.07, 6.45) is 2.42. The van der Waals surface area contributed by atoms with Crippen LogP contribution < -0.4 is 5.32 Å². The molecule has 0 radical (unpaired) electrons. The van der Waals surface area contributed by atoms with Gasteiger partial charge in [-0.1, -0.05) is 46.3 Å². The van der Waals surface area contributed by atoms with E-state index >= 15 is 0 Å². The molecular formula is C18H18BrNO2. The van der Waals surface area contributed by atoms with Gasteiger partial charge in [0.2, 0.25) is 0 Å². The second-order valence-electron chi connectivity index (χ2n) is 5.87. The number of rotatable bonds is 6. The molecule has 1 saturated carbocycles. The molecule has 0 heterocycles. The van der Waals surface area contributed by atoms with Gasteiger partial charge in [0.25, 0.3) is 0 Å². The summed E-state index contributed by atoms with van der Waals surface area (Å²) in [5, 5.41) is 12.4. The highest BCUT2D eigenvalue weighted by molar-refractivity contribution is 9.10. The molecule has 3 rings (SSSR count). The number of carboxylic acids is 1. The van der Waals surface area contributed by atoms with Crippen LogP contribution in [-0.2, 0) is 12.0 Å². The van der Waals surface area contributed by atoms with Crippen LogP contribution in [0.4, 0.5) is 0 Å². The van der Waals surface area contributed by atoms with Gasteiger partial charge in [-0.25, -0.2) is 4.79 Å². The highest BCUT2D eigenvalue weighted by Crippen LogP contribution is 2.49. The minimum absolute atomic E-state index is 0.251. The molecule has 0 spiro atoms. The topological polar surface area (TPSA) is 49.3 Å². The average Bonchev–Trinajstić information content (AvgIpc) is 3.29. The molecule has 0 amide bonds. The molecule has 2 aromatic carbocycles. The molecule has 2 N–H and O–H groups in total. The Kier molecular flexibility index (Phi) is 4.32. The summed E-state index contributed by atoms with van der Waals surface area (Å²) >= 11 is 3.65. The van der Waals surface area contributed by atoms with E-state index in [2.05, 4.69) is 39.4 Å². The predicted octanol–water partition coefficient (Wildman–Crippen LogP) is 3.97. The number of benzene rings is 2. The summed E-state index contributed by atoms with van der Waals surface area (Å²) in [7, 11) is 0. The molecule has 22 heavy (non-hydrogen) atoms. The number of hydrogen-bond acceptors (Lipinski definition) is 2. The van der Waals surface area contributed by atoms with Crippen molar-refractivity contribution in [3.05, 3.63) is 69.7 Å². The van der Waals surface area contributed by atoms with Gasteiger partial charge < -0.3 is 10.4 Å². The fourth-order valence-corrected chi connectivity index (χ4v) is 3.50. The van der Waals surface area contributed by atoms with E-state index in [0.717, 1.165) is 18.7 Å². The van der Waals surface area contributed by atoms with Crippen molar-refractivity contribution in [1.29, 1.82) is 0 Å². The summed E-state index contributed by atoms with van der Waals surface area (Å²) in [4.78, 5) is 10.8. The quantitative estimate of drug-likeness (QED) is 0.820. The zero-order valence-electron chi connectivity index (χ0n) is 12.2. The molecule has 0 bridgehead atoms. The number of nitrogens with one attached hydrogen (secondary N) is 1. The van der Waals surface area contributed by atoms with Crippen molar-refractivity contribution < 1.29 is 9.90 Å². The molecule has 0 saturated heterocycles. The normalized spacial score (nSPS) is 15.5. The highest BCUT2D eigenvalue weighted by atomic mass is 79.9. The fourth-order valence-electron chi connectivity index (χ4n) is 2.79. The highest BCUT2D eigenvalue weighted by Gasteiger charge is 2.44. The van der Waals surface area contributed by atoms with Crippen LogP contribution in [0.5, 0.6) is 0 Å². The summed E-state index contributed by atoms with van der Waals surface area (Å²) in [5.74, 6) is -0.884. The Morgan fingerprint density at radius 1 is 1.14 bits per heavy atom. The van der Waals surface area contributed by atoms with Crippen LogP contribution in [0.3, 0.4) is 0 Å². The van der Waals surface area contributed by atoms with Crippen molar-refractivity contribution >= 4 is 21.9 Å². The zero-order valence-corrected chi connectivity index (χ0v) is 13.8. The van der Waals surface area contributed by atoms with E-state index in [-0.39, 0.29) is 5.41 Å². The maximum atomic E-state index is 10.8. The molecule has 1 aliphatic carbocycles. The van der Waals surface area contributed by atoms with Gasteiger partial charge >= 0.3 is 5.97 Å². The molecule has 0 aromatic heterocycles. The number of hydrogen-bond donors (Lipinski definition) is 2. The summed E-state index contributed by atoms with van der Waals surface area (Å²) in [6, 6.07) is 15.5. The predicted molar refractivity (Wildman–Crippen MR) is 90.2 cm³/mol. The molecule has 4 heteroatoms.